The summed E-state index contributed by atoms with van der Waals surface area (Å²) in [4.78, 5) is 24.0. The van der Waals surface area contributed by atoms with Crippen molar-refractivity contribution < 1.29 is 19.1 Å². The molecule has 0 bridgehead atoms. The molecule has 6 nitrogen and oxygen atoms in total. The van der Waals surface area contributed by atoms with Crippen molar-refractivity contribution >= 4 is 11.8 Å². The van der Waals surface area contributed by atoms with Gasteiger partial charge < -0.3 is 20.1 Å². The molecule has 0 aliphatic heterocycles. The summed E-state index contributed by atoms with van der Waals surface area (Å²) in [6.45, 7) is 12.8. The predicted molar refractivity (Wildman–Crippen MR) is 123 cm³/mol. The Morgan fingerprint density at radius 2 is 1.26 bits per heavy atom. The van der Waals surface area contributed by atoms with E-state index >= 15 is 0 Å². The van der Waals surface area contributed by atoms with Crippen LogP contribution in [0.5, 0.6) is 11.5 Å². The second kappa shape index (κ2) is 10.8. The molecule has 0 unspecified atom stereocenters. The highest BCUT2D eigenvalue weighted by Gasteiger charge is 2.19. The number of ether oxygens (including phenoxy) is 2. The van der Waals surface area contributed by atoms with Gasteiger partial charge in [0.25, 0.3) is 11.8 Å². The fourth-order valence-electron chi connectivity index (χ4n) is 3.11. The molecule has 0 radical (unpaired) electrons. The van der Waals surface area contributed by atoms with Crippen molar-refractivity contribution in [2.24, 2.45) is 0 Å². The summed E-state index contributed by atoms with van der Waals surface area (Å²) in [6, 6.07) is 11.8. The molecule has 2 rings (SSSR count). The van der Waals surface area contributed by atoms with Gasteiger partial charge in [0.05, 0.1) is 0 Å². The lowest BCUT2D eigenvalue weighted by Crippen LogP contribution is -2.38. The minimum absolute atomic E-state index is 0.0655. The van der Waals surface area contributed by atoms with Crippen LogP contribution in [-0.4, -0.2) is 38.1 Å². The summed E-state index contributed by atoms with van der Waals surface area (Å²) in [5.74, 6) is 0.934. The Labute approximate surface area is 185 Å². The maximum absolute atomic E-state index is 12.1. The maximum atomic E-state index is 12.1. The number of carbonyl (C=O) groups excluding carboxylic acids is 2. The average molecular weight is 427 g/mol. The number of carbonyl (C=O) groups is 2. The topological polar surface area (TPSA) is 76.7 Å². The Kier molecular flexibility index (Phi) is 8.48. The Bertz CT molecular complexity index is 916. The number of nitrogens with one attached hydrogen (secondary N) is 2. The average Bonchev–Trinajstić information content (AvgIpc) is 2.69. The van der Waals surface area contributed by atoms with Gasteiger partial charge >= 0.3 is 0 Å². The Morgan fingerprint density at radius 3 is 1.77 bits per heavy atom. The SMILES string of the molecule is Cc1ccc(OCC(=O)NCCNC(=O)COc2ccc(C)cc2C(C)(C)C)c(C)c1. The van der Waals surface area contributed by atoms with Crippen molar-refractivity contribution in [3.63, 3.8) is 0 Å². The first-order chi connectivity index (χ1) is 14.6. The lowest BCUT2D eigenvalue weighted by molar-refractivity contribution is -0.124. The van der Waals surface area contributed by atoms with Gasteiger partial charge in [-0.2, -0.15) is 0 Å². The van der Waals surface area contributed by atoms with Crippen LogP contribution in [0.3, 0.4) is 0 Å². The van der Waals surface area contributed by atoms with Crippen molar-refractivity contribution in [3.8, 4) is 11.5 Å². The van der Waals surface area contributed by atoms with Crippen molar-refractivity contribution in [2.45, 2.75) is 47.0 Å². The highest BCUT2D eigenvalue weighted by Crippen LogP contribution is 2.32. The van der Waals surface area contributed by atoms with Crippen LogP contribution in [0.2, 0.25) is 0 Å². The molecule has 0 aliphatic carbocycles. The zero-order valence-electron chi connectivity index (χ0n) is 19.4. The van der Waals surface area contributed by atoms with Crippen LogP contribution >= 0.6 is 0 Å². The Morgan fingerprint density at radius 1 is 0.774 bits per heavy atom. The van der Waals surface area contributed by atoms with Gasteiger partial charge in [-0.1, -0.05) is 56.2 Å². The molecule has 0 aliphatic rings. The molecular weight excluding hydrogens is 392 g/mol. The van der Waals surface area contributed by atoms with E-state index in [1.807, 2.05) is 51.1 Å². The predicted octanol–water partition coefficient (Wildman–Crippen LogP) is 3.60. The van der Waals surface area contributed by atoms with E-state index in [9.17, 15) is 9.59 Å². The van der Waals surface area contributed by atoms with Gasteiger partial charge in [0, 0.05) is 13.1 Å². The van der Waals surface area contributed by atoms with Gasteiger partial charge in [-0.05, 0) is 49.4 Å². The largest absolute Gasteiger partial charge is 0.484 e. The molecule has 0 spiro atoms. The number of aryl methyl sites for hydroxylation is 3. The summed E-state index contributed by atoms with van der Waals surface area (Å²) in [5.41, 5.74) is 4.27. The first kappa shape index (κ1) is 24.3. The zero-order valence-corrected chi connectivity index (χ0v) is 19.4. The molecule has 31 heavy (non-hydrogen) atoms. The smallest absolute Gasteiger partial charge is 0.258 e. The Balaban J connectivity index is 1.69. The summed E-state index contributed by atoms with van der Waals surface area (Å²) in [6.07, 6.45) is 0. The second-order valence-corrected chi connectivity index (χ2v) is 8.80. The molecule has 0 heterocycles. The third-order valence-electron chi connectivity index (χ3n) is 4.76. The highest BCUT2D eigenvalue weighted by atomic mass is 16.5. The fourth-order valence-corrected chi connectivity index (χ4v) is 3.11. The van der Waals surface area contributed by atoms with E-state index < -0.39 is 0 Å². The molecule has 2 N–H and O–H groups in total. The summed E-state index contributed by atoms with van der Waals surface area (Å²) < 4.78 is 11.3. The summed E-state index contributed by atoms with van der Waals surface area (Å²) in [5, 5.41) is 5.48. The van der Waals surface area contributed by atoms with Crippen LogP contribution in [0.4, 0.5) is 0 Å². The lowest BCUT2D eigenvalue weighted by Gasteiger charge is -2.23. The molecule has 6 heteroatoms. The van der Waals surface area contributed by atoms with Gasteiger partial charge in [-0.25, -0.2) is 0 Å². The number of hydrogen-bond acceptors (Lipinski definition) is 4. The second-order valence-electron chi connectivity index (χ2n) is 8.80. The van der Waals surface area contributed by atoms with Gasteiger partial charge in [-0.15, -0.1) is 0 Å². The lowest BCUT2D eigenvalue weighted by atomic mass is 9.85. The molecule has 0 atom stereocenters. The Hall–Kier alpha value is -3.02. The molecule has 168 valence electrons. The number of benzene rings is 2. The van der Waals surface area contributed by atoms with Crippen molar-refractivity contribution in [2.75, 3.05) is 26.3 Å². The summed E-state index contributed by atoms with van der Waals surface area (Å²) >= 11 is 0. The minimum atomic E-state index is -0.236. The molecule has 2 aromatic rings. The fraction of sp³-hybridized carbons (Fsp3) is 0.440. The van der Waals surface area contributed by atoms with E-state index in [-0.39, 0.29) is 30.4 Å². The van der Waals surface area contributed by atoms with Crippen LogP contribution in [0.15, 0.2) is 36.4 Å². The molecule has 0 fully saturated rings. The van der Waals surface area contributed by atoms with E-state index in [0.717, 1.165) is 22.3 Å². The summed E-state index contributed by atoms with van der Waals surface area (Å²) in [7, 11) is 0. The number of hydrogen-bond donors (Lipinski definition) is 2. The standard InChI is InChI=1S/C25H34N2O4/c1-17-7-9-21(19(3)13-17)30-15-23(28)26-11-12-27-24(29)16-31-22-10-8-18(2)14-20(22)25(4,5)6/h7-10,13-14H,11-12,15-16H2,1-6H3,(H,26,28)(H,27,29). The van der Waals surface area contributed by atoms with Gasteiger partial charge in [0.2, 0.25) is 0 Å². The van der Waals surface area contributed by atoms with E-state index in [1.165, 1.54) is 0 Å². The first-order valence-electron chi connectivity index (χ1n) is 10.5. The zero-order chi connectivity index (χ0) is 23.0. The molecular formula is C25H34N2O4. The van der Waals surface area contributed by atoms with Crippen molar-refractivity contribution in [3.05, 3.63) is 58.7 Å². The van der Waals surface area contributed by atoms with Crippen molar-refractivity contribution in [1.82, 2.24) is 10.6 Å². The van der Waals surface area contributed by atoms with Gasteiger partial charge in [0.1, 0.15) is 11.5 Å². The minimum Gasteiger partial charge on any atom is -0.484 e. The molecule has 2 aromatic carbocycles. The molecule has 0 saturated carbocycles. The van der Waals surface area contributed by atoms with E-state index in [4.69, 9.17) is 9.47 Å². The van der Waals surface area contributed by atoms with Crippen LogP contribution in [0.25, 0.3) is 0 Å². The third kappa shape index (κ3) is 7.96. The normalized spacial score (nSPS) is 11.0. The highest BCUT2D eigenvalue weighted by molar-refractivity contribution is 5.78. The van der Waals surface area contributed by atoms with Gasteiger partial charge in [-0.3, -0.25) is 9.59 Å². The number of rotatable bonds is 9. The van der Waals surface area contributed by atoms with Crippen LogP contribution < -0.4 is 20.1 Å². The van der Waals surface area contributed by atoms with Gasteiger partial charge in [0.15, 0.2) is 13.2 Å². The van der Waals surface area contributed by atoms with Crippen LogP contribution in [0, 0.1) is 20.8 Å². The van der Waals surface area contributed by atoms with Crippen molar-refractivity contribution in [1.29, 1.82) is 0 Å². The van der Waals surface area contributed by atoms with Crippen LogP contribution in [0.1, 0.15) is 43.0 Å². The van der Waals surface area contributed by atoms with E-state index in [1.54, 1.807) is 0 Å². The monoisotopic (exact) mass is 426 g/mol. The first-order valence-corrected chi connectivity index (χ1v) is 10.5. The van der Waals surface area contributed by atoms with E-state index in [2.05, 4.69) is 37.5 Å². The van der Waals surface area contributed by atoms with Crippen LogP contribution in [-0.2, 0) is 15.0 Å². The molecule has 0 saturated heterocycles. The molecule has 0 aromatic heterocycles. The number of amides is 2. The third-order valence-corrected chi connectivity index (χ3v) is 4.76. The van der Waals surface area contributed by atoms with E-state index in [0.29, 0.717) is 24.6 Å². The quantitative estimate of drug-likeness (QED) is 0.601. The molecule has 2 amide bonds. The maximum Gasteiger partial charge on any atom is 0.258 e.